The minimum Gasteiger partial charge on any atom is -0.380 e. The normalized spacial score (nSPS) is 20.8. The summed E-state index contributed by atoms with van der Waals surface area (Å²) in [6.07, 6.45) is 15.8. The van der Waals surface area contributed by atoms with Crippen LogP contribution in [0.5, 0.6) is 0 Å². The first-order valence-electron chi connectivity index (χ1n) is 8.07. The van der Waals surface area contributed by atoms with Crippen LogP contribution in [0.15, 0.2) is 42.5 Å². The highest BCUT2D eigenvalue weighted by Crippen LogP contribution is 2.36. The Bertz CT molecular complexity index is 501. The zero-order valence-corrected chi connectivity index (χ0v) is 12.5. The molecule has 0 saturated heterocycles. The van der Waals surface area contributed by atoms with Crippen molar-refractivity contribution < 1.29 is 0 Å². The smallest absolute Gasteiger partial charge is 0.0371 e. The molecular weight excluding hydrogens is 242 g/mol. The summed E-state index contributed by atoms with van der Waals surface area (Å²) in [7, 11) is 0. The second-order valence-corrected chi connectivity index (χ2v) is 6.18. The van der Waals surface area contributed by atoms with Crippen molar-refractivity contribution in [1.29, 1.82) is 0 Å². The Labute approximate surface area is 122 Å². The van der Waals surface area contributed by atoms with Crippen molar-refractivity contribution in [2.45, 2.75) is 57.4 Å². The van der Waals surface area contributed by atoms with Crippen molar-refractivity contribution in [3.63, 3.8) is 0 Å². The first kappa shape index (κ1) is 13.5. The number of allylic oxidation sites excluding steroid dienone is 4. The third-order valence-electron chi connectivity index (χ3n) is 4.86. The average Bonchev–Trinajstić information content (AvgIpc) is 2.98. The van der Waals surface area contributed by atoms with Crippen LogP contribution in [0.1, 0.15) is 57.4 Å². The summed E-state index contributed by atoms with van der Waals surface area (Å²) >= 11 is 0. The molecule has 0 aliphatic heterocycles. The Hall–Kier alpha value is -1.50. The predicted octanol–water partition coefficient (Wildman–Crippen LogP) is 5.55. The van der Waals surface area contributed by atoms with Crippen molar-refractivity contribution in [3.05, 3.63) is 48.1 Å². The van der Waals surface area contributed by atoms with Crippen LogP contribution in [0.4, 0.5) is 5.69 Å². The summed E-state index contributed by atoms with van der Waals surface area (Å²) in [5.74, 6) is 0. The first-order valence-corrected chi connectivity index (χ1v) is 8.07. The largest absolute Gasteiger partial charge is 0.380 e. The molecule has 0 atom stereocenters. The molecular formula is C19H25N. The Morgan fingerprint density at radius 2 is 1.80 bits per heavy atom. The maximum atomic E-state index is 3.80. The van der Waals surface area contributed by atoms with Gasteiger partial charge in [-0.05, 0) is 55.4 Å². The third kappa shape index (κ3) is 2.82. The monoisotopic (exact) mass is 267 g/mol. The molecule has 0 amide bonds. The van der Waals surface area contributed by atoms with E-state index in [2.05, 4.69) is 54.7 Å². The van der Waals surface area contributed by atoms with E-state index in [0.717, 1.165) is 0 Å². The lowest BCUT2D eigenvalue weighted by Crippen LogP contribution is -2.33. The van der Waals surface area contributed by atoms with Gasteiger partial charge in [0, 0.05) is 11.2 Å². The lowest BCUT2D eigenvalue weighted by molar-refractivity contribution is 0.465. The molecule has 1 N–H and O–H groups in total. The molecule has 1 heteroatoms. The van der Waals surface area contributed by atoms with Gasteiger partial charge in [0.05, 0.1) is 0 Å². The van der Waals surface area contributed by atoms with Gasteiger partial charge in [0.25, 0.3) is 0 Å². The highest BCUT2D eigenvalue weighted by atomic mass is 15.0. The van der Waals surface area contributed by atoms with Gasteiger partial charge in [0.1, 0.15) is 0 Å². The van der Waals surface area contributed by atoms with Crippen molar-refractivity contribution in [2.24, 2.45) is 0 Å². The van der Waals surface area contributed by atoms with Crippen LogP contribution in [-0.4, -0.2) is 5.54 Å². The van der Waals surface area contributed by atoms with Gasteiger partial charge < -0.3 is 5.32 Å². The van der Waals surface area contributed by atoms with Gasteiger partial charge in [-0.25, -0.2) is 0 Å². The number of hydrogen-bond donors (Lipinski definition) is 1. The molecule has 0 unspecified atom stereocenters. The zero-order chi connectivity index (χ0) is 13.8. The first-order chi connectivity index (χ1) is 9.81. The van der Waals surface area contributed by atoms with E-state index in [4.69, 9.17) is 0 Å². The van der Waals surface area contributed by atoms with Crippen LogP contribution in [0.25, 0.3) is 5.57 Å². The van der Waals surface area contributed by atoms with E-state index in [9.17, 15) is 0 Å². The van der Waals surface area contributed by atoms with E-state index in [1.807, 2.05) is 0 Å². The fraction of sp³-hybridized carbons (Fsp3) is 0.474. The molecule has 106 valence electrons. The van der Waals surface area contributed by atoms with Crippen LogP contribution in [0.2, 0.25) is 0 Å². The molecule has 0 radical (unpaired) electrons. The van der Waals surface area contributed by atoms with E-state index in [1.54, 1.807) is 0 Å². The number of nitrogens with one attached hydrogen (secondary N) is 1. The van der Waals surface area contributed by atoms with Gasteiger partial charge in [-0.3, -0.25) is 0 Å². The Balaban J connectivity index is 1.73. The standard InChI is InChI=1S/C19H25N/c1-2-19(14-6-7-15-19)20-18-12-10-17(11-13-18)16-8-4-3-5-9-16/h4,8-13,20H,2-3,5-7,14-15H2,1H3. The topological polar surface area (TPSA) is 12.0 Å². The summed E-state index contributed by atoms with van der Waals surface area (Å²) in [6.45, 7) is 2.31. The molecule has 0 bridgehead atoms. The molecule has 0 heterocycles. The van der Waals surface area contributed by atoms with Crippen molar-refractivity contribution in [1.82, 2.24) is 0 Å². The highest BCUT2D eigenvalue weighted by molar-refractivity contribution is 5.75. The van der Waals surface area contributed by atoms with Crippen LogP contribution in [-0.2, 0) is 0 Å². The van der Waals surface area contributed by atoms with E-state index in [1.165, 1.54) is 61.8 Å². The number of rotatable bonds is 4. The lowest BCUT2D eigenvalue weighted by Gasteiger charge is -2.30. The Morgan fingerprint density at radius 1 is 1.05 bits per heavy atom. The fourth-order valence-corrected chi connectivity index (χ4v) is 3.50. The third-order valence-corrected chi connectivity index (χ3v) is 4.86. The van der Waals surface area contributed by atoms with Gasteiger partial charge in [0.2, 0.25) is 0 Å². The second kappa shape index (κ2) is 5.87. The molecule has 0 aromatic heterocycles. The summed E-state index contributed by atoms with van der Waals surface area (Å²) < 4.78 is 0. The van der Waals surface area contributed by atoms with E-state index in [-0.39, 0.29) is 0 Å². The van der Waals surface area contributed by atoms with Gasteiger partial charge in [-0.15, -0.1) is 0 Å². The lowest BCUT2D eigenvalue weighted by atomic mass is 9.93. The van der Waals surface area contributed by atoms with Crippen molar-refractivity contribution >= 4 is 11.3 Å². The highest BCUT2D eigenvalue weighted by Gasteiger charge is 2.31. The molecule has 1 aromatic rings. The molecule has 1 fully saturated rings. The maximum Gasteiger partial charge on any atom is 0.0371 e. The molecule has 1 saturated carbocycles. The number of benzene rings is 1. The van der Waals surface area contributed by atoms with Crippen molar-refractivity contribution in [3.8, 4) is 0 Å². The molecule has 2 aliphatic carbocycles. The molecule has 3 rings (SSSR count). The quantitative estimate of drug-likeness (QED) is 0.753. The SMILES string of the molecule is CCC1(Nc2ccc(C3=CCCC=C3)cc2)CCCC1. The number of hydrogen-bond acceptors (Lipinski definition) is 1. The van der Waals surface area contributed by atoms with Crippen LogP contribution in [0.3, 0.4) is 0 Å². The summed E-state index contributed by atoms with van der Waals surface area (Å²) in [5.41, 5.74) is 4.33. The second-order valence-electron chi connectivity index (χ2n) is 6.18. The fourth-order valence-electron chi connectivity index (χ4n) is 3.50. The van der Waals surface area contributed by atoms with Crippen molar-refractivity contribution in [2.75, 3.05) is 5.32 Å². The Kier molecular flexibility index (Phi) is 3.95. The van der Waals surface area contributed by atoms with Gasteiger partial charge in [-0.1, -0.05) is 50.1 Å². The maximum absolute atomic E-state index is 3.80. The van der Waals surface area contributed by atoms with Gasteiger partial charge in [0.15, 0.2) is 0 Å². The van der Waals surface area contributed by atoms with Crippen LogP contribution >= 0.6 is 0 Å². The van der Waals surface area contributed by atoms with Gasteiger partial charge >= 0.3 is 0 Å². The molecule has 1 nitrogen and oxygen atoms in total. The summed E-state index contributed by atoms with van der Waals surface area (Å²) in [6, 6.07) is 8.99. The van der Waals surface area contributed by atoms with Crippen LogP contribution in [0, 0.1) is 0 Å². The molecule has 1 aromatic carbocycles. The minimum absolute atomic E-state index is 0.353. The van der Waals surface area contributed by atoms with E-state index >= 15 is 0 Å². The van der Waals surface area contributed by atoms with E-state index < -0.39 is 0 Å². The molecule has 2 aliphatic rings. The van der Waals surface area contributed by atoms with Crippen LogP contribution < -0.4 is 5.32 Å². The van der Waals surface area contributed by atoms with E-state index in [0.29, 0.717) is 5.54 Å². The van der Waals surface area contributed by atoms with Gasteiger partial charge in [-0.2, -0.15) is 0 Å². The Morgan fingerprint density at radius 3 is 2.40 bits per heavy atom. The average molecular weight is 267 g/mol. The molecule has 20 heavy (non-hydrogen) atoms. The molecule has 0 spiro atoms. The summed E-state index contributed by atoms with van der Waals surface area (Å²) in [5, 5.41) is 3.80. The predicted molar refractivity (Wildman–Crippen MR) is 87.9 cm³/mol. The summed E-state index contributed by atoms with van der Waals surface area (Å²) in [4.78, 5) is 0. The zero-order valence-electron chi connectivity index (χ0n) is 12.5. The number of anilines is 1. The minimum atomic E-state index is 0.353.